The fourth-order valence-electron chi connectivity index (χ4n) is 1.77. The minimum absolute atomic E-state index is 0.0631. The predicted octanol–water partition coefficient (Wildman–Crippen LogP) is 3.94. The van der Waals surface area contributed by atoms with E-state index in [1.807, 2.05) is 19.1 Å². The van der Waals surface area contributed by atoms with Crippen molar-refractivity contribution in [1.29, 1.82) is 0 Å². The van der Waals surface area contributed by atoms with E-state index in [2.05, 4.69) is 20.7 Å². The van der Waals surface area contributed by atoms with E-state index in [1.165, 1.54) is 6.07 Å². The highest BCUT2D eigenvalue weighted by Gasteiger charge is 2.19. The highest BCUT2D eigenvalue weighted by Crippen LogP contribution is 2.30. The molecule has 0 aliphatic heterocycles. The van der Waals surface area contributed by atoms with Crippen molar-refractivity contribution in [3.63, 3.8) is 0 Å². The van der Waals surface area contributed by atoms with E-state index in [4.69, 9.17) is 5.73 Å². The second-order valence-corrected chi connectivity index (χ2v) is 8.09. The first-order chi connectivity index (χ1) is 9.94. The van der Waals surface area contributed by atoms with Gasteiger partial charge in [-0.25, -0.2) is 8.42 Å². The van der Waals surface area contributed by atoms with Crippen LogP contribution in [-0.2, 0) is 10.0 Å². The van der Waals surface area contributed by atoms with E-state index in [0.29, 0.717) is 10.2 Å². The van der Waals surface area contributed by atoms with Gasteiger partial charge in [0.2, 0.25) is 0 Å². The van der Waals surface area contributed by atoms with Gasteiger partial charge >= 0.3 is 0 Å². The molecule has 112 valence electrons. The van der Waals surface area contributed by atoms with Crippen LogP contribution in [0.25, 0.3) is 0 Å². The molecule has 0 bridgehead atoms. The van der Waals surface area contributed by atoms with Crippen molar-refractivity contribution in [2.45, 2.75) is 16.7 Å². The molecular formula is C14H15BrN2O2S2. The topological polar surface area (TPSA) is 72.2 Å². The maximum Gasteiger partial charge on any atom is 0.264 e. The van der Waals surface area contributed by atoms with Crippen LogP contribution in [0.1, 0.15) is 6.92 Å². The number of anilines is 2. The summed E-state index contributed by atoms with van der Waals surface area (Å²) in [6.45, 7) is 2.02. The summed E-state index contributed by atoms with van der Waals surface area (Å²) in [6, 6.07) is 12.1. The zero-order chi connectivity index (χ0) is 15.5. The summed E-state index contributed by atoms with van der Waals surface area (Å²) in [5.74, 6) is 0.859. The Morgan fingerprint density at radius 2 is 1.95 bits per heavy atom. The average Bonchev–Trinajstić information content (AvgIpc) is 2.43. The number of para-hydroxylation sites is 1. The highest BCUT2D eigenvalue weighted by atomic mass is 79.9. The Hall–Kier alpha value is -1.18. The number of nitrogen functional groups attached to an aromatic ring is 1. The molecule has 0 heterocycles. The third-order valence-electron chi connectivity index (χ3n) is 2.70. The number of halogens is 1. The molecular weight excluding hydrogens is 372 g/mol. The first-order valence-electron chi connectivity index (χ1n) is 6.23. The summed E-state index contributed by atoms with van der Waals surface area (Å²) in [6.07, 6.45) is 0. The Kier molecular flexibility index (Phi) is 5.18. The van der Waals surface area contributed by atoms with Gasteiger partial charge in [0.05, 0.1) is 11.4 Å². The molecule has 0 aliphatic carbocycles. The SMILES string of the molecule is CCSc1ccccc1NS(=O)(=O)c1cc(Br)ccc1N. The van der Waals surface area contributed by atoms with Gasteiger partial charge in [-0.1, -0.05) is 35.0 Å². The molecule has 4 nitrogen and oxygen atoms in total. The second kappa shape index (κ2) is 6.72. The molecule has 0 amide bonds. The minimum Gasteiger partial charge on any atom is -0.398 e. The standard InChI is InChI=1S/C14H15BrN2O2S2/c1-2-20-13-6-4-3-5-12(13)17-21(18,19)14-9-10(15)7-8-11(14)16/h3-9,17H,2,16H2,1H3. The van der Waals surface area contributed by atoms with Crippen LogP contribution in [0.5, 0.6) is 0 Å². The first-order valence-corrected chi connectivity index (χ1v) is 9.50. The van der Waals surface area contributed by atoms with Crippen LogP contribution in [0.3, 0.4) is 0 Å². The molecule has 2 aromatic carbocycles. The van der Waals surface area contributed by atoms with Crippen molar-refractivity contribution < 1.29 is 8.42 Å². The third-order valence-corrected chi connectivity index (χ3v) is 5.57. The maximum atomic E-state index is 12.5. The molecule has 0 saturated heterocycles. The summed E-state index contributed by atoms with van der Waals surface area (Å²) < 4.78 is 28.3. The lowest BCUT2D eigenvalue weighted by Gasteiger charge is -2.13. The third kappa shape index (κ3) is 3.93. The van der Waals surface area contributed by atoms with Crippen LogP contribution in [0.15, 0.2) is 56.7 Å². The van der Waals surface area contributed by atoms with Crippen LogP contribution in [0, 0.1) is 0 Å². The van der Waals surface area contributed by atoms with Crippen molar-refractivity contribution in [3.05, 3.63) is 46.9 Å². The summed E-state index contributed by atoms with van der Waals surface area (Å²) in [5, 5.41) is 0. The Morgan fingerprint density at radius 3 is 2.67 bits per heavy atom. The first kappa shape index (κ1) is 16.2. The molecule has 3 N–H and O–H groups in total. The number of nitrogens with one attached hydrogen (secondary N) is 1. The Bertz CT molecular complexity index is 748. The van der Waals surface area contributed by atoms with Crippen molar-refractivity contribution >= 4 is 49.1 Å². The molecule has 0 saturated carbocycles. The van der Waals surface area contributed by atoms with E-state index in [9.17, 15) is 8.42 Å². The molecule has 0 unspecified atom stereocenters. The zero-order valence-electron chi connectivity index (χ0n) is 11.3. The Morgan fingerprint density at radius 1 is 1.24 bits per heavy atom. The smallest absolute Gasteiger partial charge is 0.264 e. The van der Waals surface area contributed by atoms with Gasteiger partial charge in [0, 0.05) is 9.37 Å². The Labute approximate surface area is 137 Å². The fraction of sp³-hybridized carbons (Fsp3) is 0.143. The van der Waals surface area contributed by atoms with Crippen molar-refractivity contribution in [1.82, 2.24) is 0 Å². The largest absolute Gasteiger partial charge is 0.398 e. The predicted molar refractivity (Wildman–Crippen MR) is 92.2 cm³/mol. The van der Waals surface area contributed by atoms with E-state index in [1.54, 1.807) is 36.0 Å². The summed E-state index contributed by atoms with van der Waals surface area (Å²) in [5.41, 5.74) is 6.55. The molecule has 21 heavy (non-hydrogen) atoms. The van der Waals surface area contributed by atoms with Crippen LogP contribution < -0.4 is 10.5 Å². The Balaban J connectivity index is 2.40. The van der Waals surface area contributed by atoms with E-state index in [-0.39, 0.29) is 10.6 Å². The van der Waals surface area contributed by atoms with Gasteiger partial charge in [-0.3, -0.25) is 4.72 Å². The summed E-state index contributed by atoms with van der Waals surface area (Å²) in [7, 11) is -3.73. The number of hydrogen-bond donors (Lipinski definition) is 2. The van der Waals surface area contributed by atoms with Crippen LogP contribution in [-0.4, -0.2) is 14.2 Å². The van der Waals surface area contributed by atoms with E-state index < -0.39 is 10.0 Å². The molecule has 0 fully saturated rings. The van der Waals surface area contributed by atoms with Crippen molar-refractivity contribution in [2.24, 2.45) is 0 Å². The lowest BCUT2D eigenvalue weighted by molar-refractivity contribution is 0.601. The lowest BCUT2D eigenvalue weighted by atomic mass is 10.3. The maximum absolute atomic E-state index is 12.5. The molecule has 0 aromatic heterocycles. The number of hydrogen-bond acceptors (Lipinski definition) is 4. The molecule has 2 rings (SSSR count). The quantitative estimate of drug-likeness (QED) is 0.602. The van der Waals surface area contributed by atoms with Crippen molar-refractivity contribution in [2.75, 3.05) is 16.2 Å². The molecule has 7 heteroatoms. The normalized spacial score (nSPS) is 11.3. The van der Waals surface area contributed by atoms with Gasteiger partial charge in [0.1, 0.15) is 4.90 Å². The molecule has 0 aliphatic rings. The van der Waals surface area contributed by atoms with Crippen LogP contribution >= 0.6 is 27.7 Å². The van der Waals surface area contributed by atoms with E-state index >= 15 is 0 Å². The lowest BCUT2D eigenvalue weighted by Crippen LogP contribution is -2.15. The van der Waals surface area contributed by atoms with Gasteiger partial charge in [-0.2, -0.15) is 0 Å². The average molecular weight is 387 g/mol. The molecule has 2 aromatic rings. The van der Waals surface area contributed by atoms with Gasteiger partial charge in [-0.05, 0) is 36.1 Å². The fourth-order valence-corrected chi connectivity index (χ4v) is 4.35. The number of rotatable bonds is 5. The number of benzene rings is 2. The van der Waals surface area contributed by atoms with Crippen LogP contribution in [0.2, 0.25) is 0 Å². The van der Waals surface area contributed by atoms with Gasteiger partial charge in [0.15, 0.2) is 0 Å². The minimum atomic E-state index is -3.73. The van der Waals surface area contributed by atoms with Gasteiger partial charge in [-0.15, -0.1) is 11.8 Å². The number of sulfonamides is 1. The number of thioether (sulfide) groups is 1. The van der Waals surface area contributed by atoms with E-state index in [0.717, 1.165) is 10.6 Å². The molecule has 0 atom stereocenters. The monoisotopic (exact) mass is 386 g/mol. The van der Waals surface area contributed by atoms with Gasteiger partial charge in [0.25, 0.3) is 10.0 Å². The highest BCUT2D eigenvalue weighted by molar-refractivity contribution is 9.10. The second-order valence-electron chi connectivity index (χ2n) is 4.22. The van der Waals surface area contributed by atoms with Crippen molar-refractivity contribution in [3.8, 4) is 0 Å². The summed E-state index contributed by atoms with van der Waals surface area (Å²) in [4.78, 5) is 0.949. The molecule has 0 radical (unpaired) electrons. The van der Waals surface area contributed by atoms with Gasteiger partial charge < -0.3 is 5.73 Å². The molecule has 0 spiro atoms. The zero-order valence-corrected chi connectivity index (χ0v) is 14.6. The van der Waals surface area contributed by atoms with Crippen LogP contribution in [0.4, 0.5) is 11.4 Å². The summed E-state index contributed by atoms with van der Waals surface area (Å²) >= 11 is 4.84. The number of nitrogens with two attached hydrogens (primary N) is 1.